The van der Waals surface area contributed by atoms with Gasteiger partial charge in [-0.1, -0.05) is 35.5 Å². The smallest absolute Gasteiger partial charge is 0.280 e. The number of amides is 1. The van der Waals surface area contributed by atoms with E-state index in [0.717, 1.165) is 6.20 Å². The number of carbonyl (C=O) groups excluding carboxylic acids is 1. The third kappa shape index (κ3) is 5.58. The van der Waals surface area contributed by atoms with Crippen molar-refractivity contribution in [3.63, 3.8) is 0 Å². The molecule has 1 atom stereocenters. The minimum atomic E-state index is -3.38. The second kappa shape index (κ2) is 9.42. The van der Waals surface area contributed by atoms with Gasteiger partial charge in [0.1, 0.15) is 0 Å². The number of oxime groups is 1. The van der Waals surface area contributed by atoms with Crippen LogP contribution in [0.2, 0.25) is 0 Å². The molecule has 0 bridgehead atoms. The number of carbonyl (C=O) groups is 1. The Bertz CT molecular complexity index is 983. The fourth-order valence-corrected chi connectivity index (χ4v) is 4.49. The molecule has 3 rings (SSSR count). The maximum absolute atomic E-state index is 13.2. The van der Waals surface area contributed by atoms with Crippen LogP contribution in [0.25, 0.3) is 0 Å². The number of hydrogen-bond donors (Lipinski definition) is 1. The summed E-state index contributed by atoms with van der Waals surface area (Å²) in [7, 11) is -3.38. The molecular weight excluding hydrogens is 421 g/mol. The number of rotatable bonds is 8. The quantitative estimate of drug-likeness (QED) is 0.499. The monoisotopic (exact) mass is 441 g/mol. The first kappa shape index (κ1) is 21.3. The van der Waals surface area contributed by atoms with E-state index in [4.69, 9.17) is 9.57 Å². The van der Waals surface area contributed by atoms with Crippen molar-refractivity contribution in [1.82, 2.24) is 4.98 Å². The Balaban J connectivity index is 1.85. The highest BCUT2D eigenvalue weighted by Gasteiger charge is 2.22. The van der Waals surface area contributed by atoms with E-state index in [0.29, 0.717) is 43.0 Å². The lowest BCUT2D eigenvalue weighted by atomic mass is 10.1. The van der Waals surface area contributed by atoms with Crippen LogP contribution in [0, 0.1) is 5.13 Å². The standard InChI is InChI=1S/C18H20FN3O5S2/c1-2-9-29(24,25)14-5-3-12(4-6-14)16(22-27-13-7-8-26-11-13)17(23)21-18-20-10-15(19)28-18/h3-6,10,13H,2,7-9,11H2,1H3,(H,20,21,23)/t13-/m1/s1. The Morgan fingerprint density at radius 1 is 1.41 bits per heavy atom. The zero-order valence-electron chi connectivity index (χ0n) is 15.6. The second-order valence-electron chi connectivity index (χ2n) is 6.30. The normalized spacial score (nSPS) is 17.3. The number of nitrogens with zero attached hydrogens (tertiary/aromatic N) is 2. The van der Waals surface area contributed by atoms with Gasteiger partial charge in [-0.2, -0.15) is 4.39 Å². The summed E-state index contributed by atoms with van der Waals surface area (Å²) in [6, 6.07) is 5.81. The lowest BCUT2D eigenvalue weighted by Gasteiger charge is -2.10. The molecule has 1 N–H and O–H groups in total. The van der Waals surface area contributed by atoms with E-state index in [9.17, 15) is 17.6 Å². The maximum atomic E-state index is 13.2. The predicted octanol–water partition coefficient (Wildman–Crippen LogP) is 2.61. The van der Waals surface area contributed by atoms with Gasteiger partial charge in [0.25, 0.3) is 5.91 Å². The van der Waals surface area contributed by atoms with Gasteiger partial charge in [0.15, 0.2) is 31.9 Å². The van der Waals surface area contributed by atoms with E-state index in [1.807, 2.05) is 0 Å². The Morgan fingerprint density at radius 3 is 2.76 bits per heavy atom. The van der Waals surface area contributed by atoms with Crippen molar-refractivity contribution in [2.75, 3.05) is 24.3 Å². The van der Waals surface area contributed by atoms with Crippen LogP contribution in [0.5, 0.6) is 0 Å². The number of hydrogen-bond acceptors (Lipinski definition) is 8. The number of thiazole rings is 1. The molecule has 0 aliphatic carbocycles. The molecule has 1 aromatic carbocycles. The Labute approximate surface area is 171 Å². The van der Waals surface area contributed by atoms with Crippen LogP contribution in [-0.2, 0) is 24.2 Å². The molecule has 0 saturated carbocycles. The number of anilines is 1. The van der Waals surface area contributed by atoms with Crippen molar-refractivity contribution < 1.29 is 27.2 Å². The van der Waals surface area contributed by atoms with E-state index in [1.165, 1.54) is 24.3 Å². The fourth-order valence-electron chi connectivity index (χ4n) is 2.62. The topological polar surface area (TPSA) is 107 Å². The van der Waals surface area contributed by atoms with Crippen LogP contribution in [0.4, 0.5) is 9.52 Å². The summed E-state index contributed by atoms with van der Waals surface area (Å²) in [5, 5.41) is 5.97. The maximum Gasteiger partial charge on any atom is 0.280 e. The molecule has 0 spiro atoms. The van der Waals surface area contributed by atoms with Crippen LogP contribution in [-0.4, -0.2) is 50.1 Å². The summed E-state index contributed by atoms with van der Waals surface area (Å²) in [4.78, 5) is 22.0. The molecule has 0 radical (unpaired) electrons. The van der Waals surface area contributed by atoms with Crippen molar-refractivity contribution in [1.29, 1.82) is 0 Å². The predicted molar refractivity (Wildman–Crippen MR) is 106 cm³/mol. The van der Waals surface area contributed by atoms with Gasteiger partial charge < -0.3 is 9.57 Å². The van der Waals surface area contributed by atoms with E-state index in [1.54, 1.807) is 6.92 Å². The summed E-state index contributed by atoms with van der Waals surface area (Å²) in [5.41, 5.74) is 0.279. The molecular formula is C18H20FN3O5S2. The van der Waals surface area contributed by atoms with E-state index in [2.05, 4.69) is 15.5 Å². The third-order valence-corrected chi connectivity index (χ3v) is 6.69. The largest absolute Gasteiger partial charge is 0.389 e. The molecule has 2 heterocycles. The highest BCUT2D eigenvalue weighted by atomic mass is 32.2. The molecule has 29 heavy (non-hydrogen) atoms. The lowest BCUT2D eigenvalue weighted by molar-refractivity contribution is -0.110. The van der Waals surface area contributed by atoms with Gasteiger partial charge >= 0.3 is 0 Å². The molecule has 0 unspecified atom stereocenters. The Morgan fingerprint density at radius 2 is 2.17 bits per heavy atom. The van der Waals surface area contributed by atoms with Crippen molar-refractivity contribution >= 4 is 37.9 Å². The Kier molecular flexibility index (Phi) is 6.93. The van der Waals surface area contributed by atoms with Crippen LogP contribution < -0.4 is 5.32 Å². The van der Waals surface area contributed by atoms with Crippen LogP contribution in [0.3, 0.4) is 0 Å². The first-order valence-corrected chi connectivity index (χ1v) is 11.4. The Hall–Kier alpha value is -2.37. The summed E-state index contributed by atoms with van der Waals surface area (Å²) < 4.78 is 42.8. The van der Waals surface area contributed by atoms with Gasteiger partial charge in [0.05, 0.1) is 30.1 Å². The number of benzene rings is 1. The number of sulfone groups is 1. The molecule has 156 valence electrons. The van der Waals surface area contributed by atoms with Crippen molar-refractivity contribution in [3.8, 4) is 0 Å². The van der Waals surface area contributed by atoms with E-state index in [-0.39, 0.29) is 27.6 Å². The van der Waals surface area contributed by atoms with E-state index >= 15 is 0 Å². The molecule has 11 heteroatoms. The van der Waals surface area contributed by atoms with Gasteiger partial charge in [-0.15, -0.1) is 0 Å². The first-order chi connectivity index (χ1) is 13.9. The van der Waals surface area contributed by atoms with Crippen LogP contribution in [0.1, 0.15) is 25.3 Å². The van der Waals surface area contributed by atoms with Crippen LogP contribution >= 0.6 is 11.3 Å². The lowest BCUT2D eigenvalue weighted by Crippen LogP contribution is -2.25. The van der Waals surface area contributed by atoms with Gasteiger partial charge in [-0.25, -0.2) is 13.4 Å². The summed E-state index contributed by atoms with van der Waals surface area (Å²) >= 11 is 0.678. The minimum absolute atomic E-state index is 0.0359. The van der Waals surface area contributed by atoms with Crippen molar-refractivity contribution in [2.45, 2.75) is 30.8 Å². The number of nitrogens with one attached hydrogen (secondary N) is 1. The van der Waals surface area contributed by atoms with Gasteiger partial charge in [-0.05, 0) is 18.6 Å². The van der Waals surface area contributed by atoms with Gasteiger partial charge in [0, 0.05) is 12.0 Å². The third-order valence-electron chi connectivity index (χ3n) is 4.05. The summed E-state index contributed by atoms with van der Waals surface area (Å²) in [5.74, 6) is -0.615. The molecule has 1 fully saturated rings. The highest BCUT2D eigenvalue weighted by molar-refractivity contribution is 7.91. The zero-order valence-corrected chi connectivity index (χ0v) is 17.3. The molecule has 1 amide bonds. The molecule has 2 aromatic rings. The SMILES string of the molecule is CCCS(=O)(=O)c1ccc(C(=NO[C@@H]2CCOC2)C(=O)Nc2ncc(F)s2)cc1. The minimum Gasteiger partial charge on any atom is -0.389 e. The molecule has 1 aromatic heterocycles. The summed E-state index contributed by atoms with van der Waals surface area (Å²) in [6.07, 6.45) is 1.86. The number of halogens is 1. The van der Waals surface area contributed by atoms with Crippen molar-refractivity contribution in [3.05, 3.63) is 41.2 Å². The molecule has 8 nitrogen and oxygen atoms in total. The molecule has 1 aliphatic rings. The number of aromatic nitrogens is 1. The second-order valence-corrected chi connectivity index (χ2v) is 9.39. The first-order valence-electron chi connectivity index (χ1n) is 8.96. The van der Waals surface area contributed by atoms with Crippen LogP contribution in [0.15, 0.2) is 40.5 Å². The fraction of sp³-hybridized carbons (Fsp3) is 0.389. The number of ether oxygens (including phenoxy) is 1. The molecule has 1 aliphatic heterocycles. The molecule has 1 saturated heterocycles. The van der Waals surface area contributed by atoms with Crippen molar-refractivity contribution in [2.24, 2.45) is 5.16 Å². The van der Waals surface area contributed by atoms with E-state index < -0.39 is 20.9 Å². The van der Waals surface area contributed by atoms with Gasteiger partial charge in [0.2, 0.25) is 0 Å². The zero-order chi connectivity index (χ0) is 20.9. The van der Waals surface area contributed by atoms with Gasteiger partial charge in [-0.3, -0.25) is 10.1 Å². The average molecular weight is 442 g/mol. The summed E-state index contributed by atoms with van der Waals surface area (Å²) in [6.45, 7) is 2.70. The highest BCUT2D eigenvalue weighted by Crippen LogP contribution is 2.18. The average Bonchev–Trinajstić information content (AvgIpc) is 3.34.